The summed E-state index contributed by atoms with van der Waals surface area (Å²) in [6.45, 7) is 0.874. The fourth-order valence-electron chi connectivity index (χ4n) is 2.88. The van der Waals surface area contributed by atoms with E-state index in [1.807, 2.05) is 18.2 Å². The smallest absolute Gasteiger partial charge is 0.408 e. The van der Waals surface area contributed by atoms with Gasteiger partial charge in [0.05, 0.1) is 20.9 Å². The molecule has 0 aromatic heterocycles. The molecule has 2 rings (SSSR count). The Morgan fingerprint density at radius 2 is 2.05 bits per heavy atom. The van der Waals surface area contributed by atoms with Crippen molar-refractivity contribution >= 4 is 6.09 Å². The zero-order valence-corrected chi connectivity index (χ0v) is 13.2. The first-order chi connectivity index (χ1) is 10.7. The molecule has 6 heteroatoms. The van der Waals surface area contributed by atoms with E-state index >= 15 is 0 Å². The van der Waals surface area contributed by atoms with Gasteiger partial charge in [-0.1, -0.05) is 18.9 Å². The number of rotatable bonds is 7. The molecule has 0 heterocycles. The van der Waals surface area contributed by atoms with Crippen LogP contribution in [0.4, 0.5) is 4.79 Å². The van der Waals surface area contributed by atoms with E-state index in [4.69, 9.17) is 9.47 Å². The predicted octanol–water partition coefficient (Wildman–Crippen LogP) is 2.67. The van der Waals surface area contributed by atoms with Crippen molar-refractivity contribution in [3.63, 3.8) is 0 Å². The van der Waals surface area contributed by atoms with Crippen LogP contribution in [-0.2, 0) is 6.54 Å². The normalized spacial score (nSPS) is 14.8. The van der Waals surface area contributed by atoms with Crippen LogP contribution < -0.4 is 14.8 Å². The Labute approximate surface area is 131 Å². The first-order valence-electron chi connectivity index (χ1n) is 7.57. The lowest BCUT2D eigenvalue weighted by atomic mass is 10.2. The predicted molar refractivity (Wildman–Crippen MR) is 83.4 cm³/mol. The van der Waals surface area contributed by atoms with Gasteiger partial charge in [-0.05, 0) is 18.9 Å². The van der Waals surface area contributed by atoms with Gasteiger partial charge in [-0.25, -0.2) is 4.79 Å². The quantitative estimate of drug-likeness (QED) is 0.758. The minimum absolute atomic E-state index is 0.141. The second kappa shape index (κ2) is 7.89. The van der Waals surface area contributed by atoms with E-state index in [0.717, 1.165) is 42.7 Å². The third kappa shape index (κ3) is 4.04. The van der Waals surface area contributed by atoms with Gasteiger partial charge in [0.1, 0.15) is 11.5 Å². The van der Waals surface area contributed by atoms with E-state index in [1.54, 1.807) is 14.2 Å². The number of amides is 1. The first kappa shape index (κ1) is 16.4. The van der Waals surface area contributed by atoms with E-state index in [2.05, 4.69) is 5.32 Å². The summed E-state index contributed by atoms with van der Waals surface area (Å²) in [7, 11) is 3.22. The van der Waals surface area contributed by atoms with E-state index in [0.29, 0.717) is 13.2 Å². The van der Waals surface area contributed by atoms with E-state index in [9.17, 15) is 9.90 Å². The molecule has 1 aliphatic rings. The first-order valence-corrected chi connectivity index (χ1v) is 7.57. The van der Waals surface area contributed by atoms with Crippen LogP contribution in [-0.4, -0.2) is 43.0 Å². The van der Waals surface area contributed by atoms with Gasteiger partial charge < -0.3 is 14.6 Å². The van der Waals surface area contributed by atoms with Crippen LogP contribution in [0, 0.1) is 0 Å². The molecule has 0 unspecified atom stereocenters. The Morgan fingerprint density at radius 1 is 1.32 bits per heavy atom. The third-order valence-electron chi connectivity index (χ3n) is 4.10. The van der Waals surface area contributed by atoms with E-state index < -0.39 is 6.09 Å². The number of hydrogen-bond acceptors (Lipinski definition) is 4. The number of ether oxygens (including phenoxy) is 2. The molecule has 1 aromatic rings. The van der Waals surface area contributed by atoms with Crippen molar-refractivity contribution in [1.29, 1.82) is 0 Å². The molecule has 1 saturated carbocycles. The highest BCUT2D eigenvalue weighted by Gasteiger charge is 2.25. The fourth-order valence-corrected chi connectivity index (χ4v) is 2.88. The third-order valence-corrected chi connectivity index (χ3v) is 4.10. The minimum atomic E-state index is -0.860. The van der Waals surface area contributed by atoms with Crippen molar-refractivity contribution in [2.75, 3.05) is 20.9 Å². The van der Waals surface area contributed by atoms with Crippen molar-refractivity contribution in [2.45, 2.75) is 38.3 Å². The molecule has 1 amide bonds. The number of carbonyl (C=O) groups is 1. The molecule has 1 aromatic carbocycles. The van der Waals surface area contributed by atoms with Crippen LogP contribution in [0.1, 0.15) is 31.2 Å². The van der Waals surface area contributed by atoms with Crippen molar-refractivity contribution in [2.24, 2.45) is 0 Å². The number of hydrogen-bond donors (Lipinski definition) is 2. The summed E-state index contributed by atoms with van der Waals surface area (Å²) in [6, 6.07) is 5.75. The second-order valence-electron chi connectivity index (χ2n) is 5.45. The second-order valence-corrected chi connectivity index (χ2v) is 5.45. The molecule has 0 bridgehead atoms. The summed E-state index contributed by atoms with van der Waals surface area (Å²) in [5.41, 5.74) is 0.972. The summed E-state index contributed by atoms with van der Waals surface area (Å²) in [5.74, 6) is 1.47. The number of carboxylic acid groups (broad SMARTS) is 1. The summed E-state index contributed by atoms with van der Waals surface area (Å²) in [5, 5.41) is 12.5. The monoisotopic (exact) mass is 308 g/mol. The average Bonchev–Trinajstić information content (AvgIpc) is 3.05. The van der Waals surface area contributed by atoms with Crippen LogP contribution in [0.15, 0.2) is 18.2 Å². The molecular formula is C16H24N2O4. The summed E-state index contributed by atoms with van der Waals surface area (Å²) < 4.78 is 10.5. The molecule has 0 aliphatic heterocycles. The molecule has 0 radical (unpaired) electrons. The standard InChI is InChI=1S/C16H24N2O4/c1-21-14-8-7-12(15(9-14)22-2)10-17-11-18(16(19)20)13-5-3-4-6-13/h7-9,13,17H,3-6,10-11H2,1-2H3,(H,19,20). The molecule has 2 N–H and O–H groups in total. The Hall–Kier alpha value is -1.95. The van der Waals surface area contributed by atoms with Gasteiger partial charge in [-0.2, -0.15) is 0 Å². The van der Waals surface area contributed by atoms with Crippen molar-refractivity contribution in [3.05, 3.63) is 23.8 Å². The van der Waals surface area contributed by atoms with Crippen LogP contribution in [0.3, 0.4) is 0 Å². The molecule has 122 valence electrons. The van der Waals surface area contributed by atoms with Gasteiger partial charge in [-0.3, -0.25) is 10.2 Å². The zero-order valence-electron chi connectivity index (χ0n) is 13.2. The lowest BCUT2D eigenvalue weighted by molar-refractivity contribution is 0.120. The highest BCUT2D eigenvalue weighted by atomic mass is 16.5. The van der Waals surface area contributed by atoms with Crippen molar-refractivity contribution < 1.29 is 19.4 Å². The van der Waals surface area contributed by atoms with Crippen LogP contribution in [0.2, 0.25) is 0 Å². The van der Waals surface area contributed by atoms with Gasteiger partial charge in [0, 0.05) is 24.2 Å². The molecule has 0 spiro atoms. The van der Waals surface area contributed by atoms with Crippen LogP contribution >= 0.6 is 0 Å². The Morgan fingerprint density at radius 3 is 2.64 bits per heavy atom. The Bertz CT molecular complexity index is 501. The summed E-state index contributed by atoms with van der Waals surface area (Å²) >= 11 is 0. The summed E-state index contributed by atoms with van der Waals surface area (Å²) in [6.07, 6.45) is 3.28. The zero-order chi connectivity index (χ0) is 15.9. The maximum absolute atomic E-state index is 11.4. The molecule has 1 fully saturated rings. The lowest BCUT2D eigenvalue weighted by Crippen LogP contribution is -2.43. The van der Waals surface area contributed by atoms with Gasteiger partial charge in [0.2, 0.25) is 0 Å². The maximum atomic E-state index is 11.4. The molecular weight excluding hydrogens is 284 g/mol. The van der Waals surface area contributed by atoms with Crippen molar-refractivity contribution in [3.8, 4) is 11.5 Å². The van der Waals surface area contributed by atoms with Crippen LogP contribution in [0.25, 0.3) is 0 Å². The Kier molecular flexibility index (Phi) is 5.89. The molecule has 0 atom stereocenters. The molecule has 0 saturated heterocycles. The fraction of sp³-hybridized carbons (Fsp3) is 0.562. The highest BCUT2D eigenvalue weighted by Crippen LogP contribution is 2.25. The highest BCUT2D eigenvalue weighted by molar-refractivity contribution is 5.65. The van der Waals surface area contributed by atoms with E-state index in [-0.39, 0.29) is 6.04 Å². The average molecular weight is 308 g/mol. The van der Waals surface area contributed by atoms with Crippen LogP contribution in [0.5, 0.6) is 11.5 Å². The number of methoxy groups -OCH3 is 2. The number of benzene rings is 1. The minimum Gasteiger partial charge on any atom is -0.497 e. The number of nitrogens with one attached hydrogen (secondary N) is 1. The van der Waals surface area contributed by atoms with E-state index in [1.165, 1.54) is 4.90 Å². The van der Waals surface area contributed by atoms with Gasteiger partial charge in [-0.15, -0.1) is 0 Å². The lowest BCUT2D eigenvalue weighted by Gasteiger charge is -2.26. The van der Waals surface area contributed by atoms with Gasteiger partial charge in [0.15, 0.2) is 0 Å². The van der Waals surface area contributed by atoms with Crippen molar-refractivity contribution in [1.82, 2.24) is 10.2 Å². The Balaban J connectivity index is 1.92. The largest absolute Gasteiger partial charge is 0.497 e. The van der Waals surface area contributed by atoms with Gasteiger partial charge >= 0.3 is 6.09 Å². The molecule has 1 aliphatic carbocycles. The van der Waals surface area contributed by atoms with Gasteiger partial charge in [0.25, 0.3) is 0 Å². The molecule has 6 nitrogen and oxygen atoms in total. The topological polar surface area (TPSA) is 71.0 Å². The molecule has 22 heavy (non-hydrogen) atoms. The number of nitrogens with zero attached hydrogens (tertiary/aromatic N) is 1. The SMILES string of the molecule is COc1ccc(CNCN(C(=O)O)C2CCCC2)c(OC)c1. The maximum Gasteiger partial charge on any atom is 0.408 e. The summed E-state index contributed by atoms with van der Waals surface area (Å²) in [4.78, 5) is 12.9.